The number of aliphatic hydroxyl groups is 2. The van der Waals surface area contributed by atoms with Gasteiger partial charge in [-0.1, -0.05) is 17.7 Å². The van der Waals surface area contributed by atoms with Crippen molar-refractivity contribution in [3.63, 3.8) is 0 Å². The lowest BCUT2D eigenvalue weighted by atomic mass is 10.1. The average molecular weight is 293 g/mol. The number of aryl methyl sites for hydroxylation is 3. The Morgan fingerprint density at radius 1 is 1.19 bits per heavy atom. The third-order valence-corrected chi connectivity index (χ3v) is 4.05. The average Bonchev–Trinajstić information content (AvgIpc) is 2.40. The zero-order valence-electron chi connectivity index (χ0n) is 13.3. The predicted octanol–water partition coefficient (Wildman–Crippen LogP) is 1.81. The topological polar surface area (TPSA) is 52.9 Å². The highest BCUT2D eigenvalue weighted by Crippen LogP contribution is 2.24. The van der Waals surface area contributed by atoms with Crippen LogP contribution in [-0.4, -0.2) is 53.6 Å². The Labute approximate surface area is 127 Å². The fourth-order valence-electron chi connectivity index (χ4n) is 3.03. The number of nitrogens with zero attached hydrogens (tertiary/aromatic N) is 1. The molecule has 0 saturated carbocycles. The Morgan fingerprint density at radius 2 is 1.76 bits per heavy atom. The normalized spacial score (nSPS) is 18.7. The molecule has 4 heteroatoms. The number of hydrogen-bond acceptors (Lipinski definition) is 4. The molecule has 118 valence electrons. The summed E-state index contributed by atoms with van der Waals surface area (Å²) in [6.07, 6.45) is 0.917. The Balaban J connectivity index is 1.83. The molecule has 0 aromatic heterocycles. The Bertz CT molecular complexity index is 444. The second kappa shape index (κ2) is 7.25. The molecule has 1 atom stereocenters. The molecule has 0 aliphatic carbocycles. The van der Waals surface area contributed by atoms with Crippen LogP contribution in [0, 0.1) is 20.8 Å². The molecule has 0 bridgehead atoms. The molecule has 1 aromatic rings. The maximum absolute atomic E-state index is 10.1. The van der Waals surface area contributed by atoms with Crippen LogP contribution >= 0.6 is 0 Å². The van der Waals surface area contributed by atoms with E-state index in [-0.39, 0.29) is 6.10 Å². The summed E-state index contributed by atoms with van der Waals surface area (Å²) in [7, 11) is 0. The summed E-state index contributed by atoms with van der Waals surface area (Å²) in [4.78, 5) is 2.19. The maximum Gasteiger partial charge on any atom is 0.125 e. The van der Waals surface area contributed by atoms with Crippen molar-refractivity contribution in [2.24, 2.45) is 0 Å². The van der Waals surface area contributed by atoms with Gasteiger partial charge < -0.3 is 19.8 Å². The van der Waals surface area contributed by atoms with Crippen LogP contribution in [0.5, 0.6) is 5.75 Å². The molecular weight excluding hydrogens is 266 g/mol. The van der Waals surface area contributed by atoms with Gasteiger partial charge in [0.2, 0.25) is 0 Å². The second-order valence-corrected chi connectivity index (χ2v) is 6.22. The minimum Gasteiger partial charge on any atom is -0.490 e. The number of rotatable bonds is 5. The van der Waals surface area contributed by atoms with Gasteiger partial charge in [-0.2, -0.15) is 0 Å². The number of benzene rings is 1. The van der Waals surface area contributed by atoms with Gasteiger partial charge in [-0.25, -0.2) is 0 Å². The summed E-state index contributed by atoms with van der Waals surface area (Å²) in [5.74, 6) is 0.883. The number of ether oxygens (including phenoxy) is 1. The van der Waals surface area contributed by atoms with Crippen LogP contribution < -0.4 is 4.74 Å². The van der Waals surface area contributed by atoms with E-state index in [2.05, 4.69) is 24.0 Å². The van der Waals surface area contributed by atoms with Gasteiger partial charge in [0, 0.05) is 19.6 Å². The first kappa shape index (κ1) is 16.3. The van der Waals surface area contributed by atoms with Gasteiger partial charge in [0.1, 0.15) is 18.5 Å². The lowest BCUT2D eigenvalue weighted by molar-refractivity contribution is 0.0335. The summed E-state index contributed by atoms with van der Waals surface area (Å²) in [6.45, 7) is 8.76. The quantitative estimate of drug-likeness (QED) is 0.869. The molecule has 2 N–H and O–H groups in total. The van der Waals surface area contributed by atoms with Gasteiger partial charge in [0.15, 0.2) is 0 Å². The SMILES string of the molecule is Cc1cc(C)c(OCC(O)CN2CCC(O)CC2)c(C)c1. The van der Waals surface area contributed by atoms with E-state index >= 15 is 0 Å². The zero-order valence-corrected chi connectivity index (χ0v) is 13.3. The van der Waals surface area contributed by atoms with E-state index in [9.17, 15) is 10.2 Å². The maximum atomic E-state index is 10.1. The van der Waals surface area contributed by atoms with E-state index in [0.717, 1.165) is 42.8 Å². The molecule has 21 heavy (non-hydrogen) atoms. The van der Waals surface area contributed by atoms with Crippen molar-refractivity contribution in [3.05, 3.63) is 28.8 Å². The van der Waals surface area contributed by atoms with Crippen LogP contribution in [0.15, 0.2) is 12.1 Å². The van der Waals surface area contributed by atoms with Gasteiger partial charge in [0.25, 0.3) is 0 Å². The summed E-state index contributed by atoms with van der Waals surface area (Å²) in [5.41, 5.74) is 3.45. The summed E-state index contributed by atoms with van der Waals surface area (Å²) in [6, 6.07) is 4.20. The van der Waals surface area contributed by atoms with Crippen molar-refractivity contribution in [2.75, 3.05) is 26.2 Å². The van der Waals surface area contributed by atoms with Crippen molar-refractivity contribution in [1.82, 2.24) is 4.90 Å². The summed E-state index contributed by atoms with van der Waals surface area (Å²) in [5, 5.41) is 19.6. The van der Waals surface area contributed by atoms with Gasteiger partial charge in [-0.3, -0.25) is 0 Å². The number of hydrogen-bond donors (Lipinski definition) is 2. The van der Waals surface area contributed by atoms with Crippen molar-refractivity contribution in [1.29, 1.82) is 0 Å². The van der Waals surface area contributed by atoms with Crippen LogP contribution in [0.2, 0.25) is 0 Å². The van der Waals surface area contributed by atoms with Crippen molar-refractivity contribution in [2.45, 2.75) is 45.8 Å². The molecule has 0 radical (unpaired) electrons. The zero-order chi connectivity index (χ0) is 15.4. The van der Waals surface area contributed by atoms with Gasteiger partial charge in [-0.15, -0.1) is 0 Å². The van der Waals surface area contributed by atoms with Crippen molar-refractivity contribution >= 4 is 0 Å². The van der Waals surface area contributed by atoms with Crippen LogP contribution in [0.1, 0.15) is 29.5 Å². The van der Waals surface area contributed by atoms with E-state index < -0.39 is 6.10 Å². The number of piperidine rings is 1. The highest BCUT2D eigenvalue weighted by atomic mass is 16.5. The van der Waals surface area contributed by atoms with Gasteiger partial charge >= 0.3 is 0 Å². The molecule has 1 heterocycles. The van der Waals surface area contributed by atoms with E-state index in [1.807, 2.05) is 13.8 Å². The molecule has 0 spiro atoms. The Kier molecular flexibility index (Phi) is 5.62. The molecule has 1 fully saturated rings. The standard InChI is InChI=1S/C17H27NO3/c1-12-8-13(2)17(14(3)9-12)21-11-16(20)10-18-6-4-15(19)5-7-18/h8-9,15-16,19-20H,4-7,10-11H2,1-3H3. The van der Waals surface area contributed by atoms with Crippen molar-refractivity contribution < 1.29 is 14.9 Å². The second-order valence-electron chi connectivity index (χ2n) is 6.22. The smallest absolute Gasteiger partial charge is 0.125 e. The lowest BCUT2D eigenvalue weighted by Gasteiger charge is -2.31. The summed E-state index contributed by atoms with van der Waals surface area (Å²) >= 11 is 0. The van der Waals surface area contributed by atoms with Crippen LogP contribution in [0.3, 0.4) is 0 Å². The Morgan fingerprint density at radius 3 is 2.33 bits per heavy atom. The summed E-state index contributed by atoms with van der Waals surface area (Å²) < 4.78 is 5.82. The third-order valence-electron chi connectivity index (χ3n) is 4.05. The molecule has 1 unspecified atom stereocenters. The fourth-order valence-corrected chi connectivity index (χ4v) is 3.03. The lowest BCUT2D eigenvalue weighted by Crippen LogP contribution is -2.41. The van der Waals surface area contributed by atoms with Gasteiger partial charge in [0.05, 0.1) is 6.10 Å². The molecule has 1 aromatic carbocycles. The number of aliphatic hydroxyl groups excluding tert-OH is 2. The fraction of sp³-hybridized carbons (Fsp3) is 0.647. The van der Waals surface area contributed by atoms with E-state index in [1.165, 1.54) is 5.56 Å². The number of β-amino-alcohol motifs (C(OH)–C–C–N with tert-alkyl or cyclic N) is 1. The third kappa shape index (κ3) is 4.70. The first-order chi connectivity index (χ1) is 9.95. The highest BCUT2D eigenvalue weighted by Gasteiger charge is 2.19. The molecule has 4 nitrogen and oxygen atoms in total. The van der Waals surface area contributed by atoms with E-state index in [4.69, 9.17) is 4.74 Å². The minimum atomic E-state index is -0.500. The van der Waals surface area contributed by atoms with Crippen molar-refractivity contribution in [3.8, 4) is 5.75 Å². The molecular formula is C17H27NO3. The van der Waals surface area contributed by atoms with Gasteiger partial charge in [-0.05, 0) is 44.7 Å². The van der Waals surface area contributed by atoms with Crippen LogP contribution in [0.25, 0.3) is 0 Å². The monoisotopic (exact) mass is 293 g/mol. The Hall–Kier alpha value is -1.10. The van der Waals surface area contributed by atoms with E-state index in [0.29, 0.717) is 13.2 Å². The first-order valence-electron chi connectivity index (χ1n) is 7.75. The molecule has 1 saturated heterocycles. The molecule has 1 aliphatic rings. The minimum absolute atomic E-state index is 0.174. The highest BCUT2D eigenvalue weighted by molar-refractivity contribution is 5.42. The van der Waals surface area contributed by atoms with E-state index in [1.54, 1.807) is 0 Å². The van der Waals surface area contributed by atoms with Crippen LogP contribution in [0.4, 0.5) is 0 Å². The molecule has 2 rings (SSSR count). The first-order valence-corrected chi connectivity index (χ1v) is 7.75. The molecule has 1 aliphatic heterocycles. The molecule has 0 amide bonds. The van der Waals surface area contributed by atoms with Crippen LogP contribution in [-0.2, 0) is 0 Å². The number of likely N-dealkylation sites (tertiary alicyclic amines) is 1. The predicted molar refractivity (Wildman–Crippen MR) is 83.8 cm³/mol. The largest absolute Gasteiger partial charge is 0.490 e.